The van der Waals surface area contributed by atoms with Crippen molar-refractivity contribution >= 4 is 17.5 Å². The van der Waals surface area contributed by atoms with Crippen LogP contribution in [0.5, 0.6) is 23.5 Å². The highest BCUT2D eigenvalue weighted by atomic mass is 16.6. The highest BCUT2D eigenvalue weighted by Crippen LogP contribution is 2.41. The largest absolute Gasteiger partial charge is 0.479 e. The van der Waals surface area contributed by atoms with Crippen molar-refractivity contribution in [2.75, 3.05) is 71.2 Å². The van der Waals surface area contributed by atoms with Crippen molar-refractivity contribution in [1.82, 2.24) is 19.8 Å². The Labute approximate surface area is 253 Å². The van der Waals surface area contributed by atoms with Gasteiger partial charge in [-0.3, -0.25) is 4.79 Å². The van der Waals surface area contributed by atoms with Gasteiger partial charge in [0.15, 0.2) is 11.4 Å². The van der Waals surface area contributed by atoms with E-state index in [1.54, 1.807) is 12.1 Å². The standard InChI is InChI=1S/C32H44N6O5/c1-21-19-22-9-7-12-32(2,3)23(22)20-25(21)43-26-11-10-24(42-26)28(39)34-27-29(40-5)35-31(36-30(27)41-6)33-13-8-14-38-17-15-37(4)16-18-38/h10-11,19-20H,7-9,12-18H2,1-6H3,(H,34,39)(H,33,35,36). The SMILES string of the molecule is COc1nc(NCCCN2CCN(C)CC2)nc(OC)c1NC(=O)c1ccc(Oc2cc3c(cc2C)CCCC3(C)C)o1. The Bertz CT molecular complexity index is 1400. The van der Waals surface area contributed by atoms with Gasteiger partial charge in [0.2, 0.25) is 17.7 Å². The third kappa shape index (κ3) is 7.22. The molecule has 2 aliphatic rings. The van der Waals surface area contributed by atoms with Crippen molar-refractivity contribution in [3.8, 4) is 23.5 Å². The number of fused-ring (bicyclic) bond motifs is 1. The molecular weight excluding hydrogens is 548 g/mol. The van der Waals surface area contributed by atoms with Crippen LogP contribution >= 0.6 is 0 Å². The maximum Gasteiger partial charge on any atom is 0.291 e. The Hall–Kier alpha value is -3.83. The summed E-state index contributed by atoms with van der Waals surface area (Å²) >= 11 is 0. The first-order valence-electron chi connectivity index (χ1n) is 15.0. The average molecular weight is 593 g/mol. The Morgan fingerprint density at radius 3 is 2.49 bits per heavy atom. The number of carbonyl (C=O) groups excluding carboxylic acids is 1. The summed E-state index contributed by atoms with van der Waals surface area (Å²) in [4.78, 5) is 26.9. The fourth-order valence-electron chi connectivity index (χ4n) is 5.81. The number of likely N-dealkylation sites (N-methyl/N-ethyl adjacent to an activating group) is 1. The van der Waals surface area contributed by atoms with Crippen molar-refractivity contribution < 1.29 is 23.4 Å². The number of methoxy groups -OCH3 is 2. The van der Waals surface area contributed by atoms with Crippen molar-refractivity contribution in [1.29, 1.82) is 0 Å². The van der Waals surface area contributed by atoms with Crippen LogP contribution in [0, 0.1) is 6.92 Å². The number of aromatic nitrogens is 2. The van der Waals surface area contributed by atoms with E-state index in [1.165, 1.54) is 31.8 Å². The minimum Gasteiger partial charge on any atom is -0.479 e. The summed E-state index contributed by atoms with van der Waals surface area (Å²) in [5.41, 5.74) is 4.00. The second-order valence-electron chi connectivity index (χ2n) is 12.1. The Morgan fingerprint density at radius 1 is 1.07 bits per heavy atom. The van der Waals surface area contributed by atoms with Crippen LogP contribution in [0.2, 0.25) is 0 Å². The van der Waals surface area contributed by atoms with Crippen LogP contribution < -0.4 is 24.8 Å². The van der Waals surface area contributed by atoms with Crippen LogP contribution in [-0.2, 0) is 11.8 Å². The van der Waals surface area contributed by atoms with Crippen molar-refractivity contribution in [2.24, 2.45) is 0 Å². The van der Waals surface area contributed by atoms with E-state index in [1.807, 2.05) is 6.92 Å². The van der Waals surface area contributed by atoms with E-state index >= 15 is 0 Å². The third-order valence-electron chi connectivity index (χ3n) is 8.39. The lowest BCUT2D eigenvalue weighted by molar-refractivity contribution is 0.0990. The number of nitrogens with zero attached hydrogens (tertiary/aromatic N) is 4. The predicted molar refractivity (Wildman–Crippen MR) is 166 cm³/mol. The summed E-state index contributed by atoms with van der Waals surface area (Å²) < 4.78 is 22.9. The first-order valence-corrected chi connectivity index (χ1v) is 15.0. The minimum absolute atomic E-state index is 0.0705. The molecular formula is C32H44N6O5. The molecule has 1 aliphatic heterocycles. The van der Waals surface area contributed by atoms with Crippen molar-refractivity contribution in [2.45, 2.75) is 51.9 Å². The van der Waals surface area contributed by atoms with Crippen molar-refractivity contribution in [3.05, 3.63) is 46.7 Å². The number of piperazine rings is 1. The topological polar surface area (TPSA) is 114 Å². The van der Waals surface area contributed by atoms with Gasteiger partial charge in [-0.15, -0.1) is 0 Å². The smallest absolute Gasteiger partial charge is 0.291 e. The van der Waals surface area contributed by atoms with Gasteiger partial charge in [0, 0.05) is 38.8 Å². The van der Waals surface area contributed by atoms with Gasteiger partial charge in [-0.1, -0.05) is 19.9 Å². The van der Waals surface area contributed by atoms with Crippen molar-refractivity contribution in [3.63, 3.8) is 0 Å². The summed E-state index contributed by atoms with van der Waals surface area (Å²) in [5.74, 6) is 1.23. The van der Waals surface area contributed by atoms with Crippen LogP contribution in [0.25, 0.3) is 0 Å². The number of furan rings is 1. The van der Waals surface area contributed by atoms with Gasteiger partial charge in [-0.25, -0.2) is 0 Å². The molecule has 1 fully saturated rings. The van der Waals surface area contributed by atoms with Crippen LogP contribution in [0.3, 0.4) is 0 Å². The lowest BCUT2D eigenvalue weighted by Crippen LogP contribution is -2.44. The number of anilines is 2. The first-order chi connectivity index (χ1) is 20.7. The molecule has 232 valence electrons. The average Bonchev–Trinajstić information content (AvgIpc) is 3.46. The molecule has 3 heterocycles. The van der Waals surface area contributed by atoms with Gasteiger partial charge in [0.1, 0.15) is 5.75 Å². The molecule has 1 aliphatic carbocycles. The summed E-state index contributed by atoms with van der Waals surface area (Å²) in [5, 5.41) is 6.02. The Balaban J connectivity index is 1.22. The van der Waals surface area contributed by atoms with Crippen LogP contribution in [-0.4, -0.2) is 86.2 Å². The lowest BCUT2D eigenvalue weighted by Gasteiger charge is -2.33. The zero-order valence-corrected chi connectivity index (χ0v) is 26.2. The van der Waals surface area contributed by atoms with E-state index in [0.29, 0.717) is 12.5 Å². The summed E-state index contributed by atoms with van der Waals surface area (Å²) in [6, 6.07) is 7.52. The van der Waals surface area contributed by atoms with Crippen LogP contribution in [0.1, 0.15) is 60.4 Å². The number of benzene rings is 1. The molecule has 11 heteroatoms. The van der Waals surface area contributed by atoms with Gasteiger partial charge in [-0.05, 0) is 80.4 Å². The van der Waals surface area contributed by atoms with Gasteiger partial charge >= 0.3 is 0 Å². The molecule has 5 rings (SSSR count). The highest BCUT2D eigenvalue weighted by Gasteiger charge is 2.29. The monoisotopic (exact) mass is 592 g/mol. The van der Waals surface area contributed by atoms with E-state index in [2.05, 4.69) is 63.4 Å². The second-order valence-corrected chi connectivity index (χ2v) is 12.1. The van der Waals surface area contributed by atoms with E-state index in [0.717, 1.165) is 63.3 Å². The van der Waals surface area contributed by atoms with E-state index in [-0.39, 0.29) is 34.6 Å². The Morgan fingerprint density at radius 2 is 1.79 bits per heavy atom. The fourth-order valence-corrected chi connectivity index (χ4v) is 5.81. The quantitative estimate of drug-likeness (QED) is 0.291. The van der Waals surface area contributed by atoms with Gasteiger partial charge < -0.3 is 39.1 Å². The molecule has 0 bridgehead atoms. The number of amides is 1. The molecule has 1 aromatic carbocycles. The molecule has 2 N–H and O–H groups in total. The molecule has 0 spiro atoms. The molecule has 0 atom stereocenters. The third-order valence-corrected chi connectivity index (χ3v) is 8.39. The van der Waals surface area contributed by atoms with Gasteiger partial charge in [-0.2, -0.15) is 9.97 Å². The van der Waals surface area contributed by atoms with E-state index < -0.39 is 5.91 Å². The number of aryl methyl sites for hydroxylation is 2. The predicted octanol–water partition coefficient (Wildman–Crippen LogP) is 5.10. The normalized spacial score (nSPS) is 16.8. The number of hydrogen-bond donors (Lipinski definition) is 2. The molecule has 2 aromatic heterocycles. The number of ether oxygens (including phenoxy) is 3. The highest BCUT2D eigenvalue weighted by molar-refractivity contribution is 6.03. The fraction of sp³-hybridized carbons (Fsp3) is 0.531. The van der Waals surface area contributed by atoms with E-state index in [9.17, 15) is 4.79 Å². The van der Waals surface area contributed by atoms with Gasteiger partial charge in [0.25, 0.3) is 11.9 Å². The molecule has 0 radical (unpaired) electrons. The maximum absolute atomic E-state index is 13.2. The zero-order chi connectivity index (χ0) is 30.6. The summed E-state index contributed by atoms with van der Waals surface area (Å²) in [7, 11) is 5.12. The number of nitrogens with one attached hydrogen (secondary N) is 2. The first kappa shape index (κ1) is 30.6. The molecule has 3 aromatic rings. The van der Waals surface area contributed by atoms with Crippen LogP contribution in [0.15, 0.2) is 28.7 Å². The number of rotatable bonds is 11. The molecule has 0 unspecified atom stereocenters. The molecule has 1 saturated heterocycles. The molecule has 0 saturated carbocycles. The number of carbonyl (C=O) groups is 1. The lowest BCUT2D eigenvalue weighted by atomic mass is 9.72. The maximum atomic E-state index is 13.2. The molecule has 11 nitrogen and oxygen atoms in total. The van der Waals surface area contributed by atoms with E-state index in [4.69, 9.17) is 18.6 Å². The summed E-state index contributed by atoms with van der Waals surface area (Å²) in [6.07, 6.45) is 4.35. The summed E-state index contributed by atoms with van der Waals surface area (Å²) in [6.45, 7) is 12.6. The van der Waals surface area contributed by atoms with Crippen LogP contribution in [0.4, 0.5) is 11.6 Å². The second kappa shape index (κ2) is 13.2. The number of hydrogen-bond acceptors (Lipinski definition) is 10. The van der Waals surface area contributed by atoms with Gasteiger partial charge in [0.05, 0.1) is 14.2 Å². The molecule has 1 amide bonds. The minimum atomic E-state index is -0.508. The molecule has 43 heavy (non-hydrogen) atoms. The Kier molecular flexibility index (Phi) is 9.41. The zero-order valence-electron chi connectivity index (χ0n) is 26.2.